The van der Waals surface area contributed by atoms with Crippen LogP contribution in [-0.4, -0.2) is 31.0 Å². The van der Waals surface area contributed by atoms with Crippen LogP contribution in [0.1, 0.15) is 15.2 Å². The first-order chi connectivity index (χ1) is 9.86. The number of rotatable bonds is 5. The van der Waals surface area contributed by atoms with Gasteiger partial charge in [-0.1, -0.05) is 0 Å². The average molecular weight is 327 g/mol. The van der Waals surface area contributed by atoms with Crippen LogP contribution in [0.4, 0.5) is 0 Å². The summed E-state index contributed by atoms with van der Waals surface area (Å²) < 4.78 is 22.4. The Hall–Kier alpha value is -1.97. The van der Waals surface area contributed by atoms with Gasteiger partial charge in [0.2, 0.25) is 10.0 Å². The van der Waals surface area contributed by atoms with Crippen LogP contribution < -0.4 is 10.5 Å². The Morgan fingerprint density at radius 3 is 2.76 bits per heavy atom. The number of thiophene rings is 1. The smallest absolute Gasteiger partial charge is 0.252 e. The molecule has 0 aliphatic rings. The lowest BCUT2D eigenvalue weighted by Gasteiger charge is -2.04. The van der Waals surface area contributed by atoms with E-state index in [1.165, 1.54) is 24.5 Å². The van der Waals surface area contributed by atoms with Crippen molar-refractivity contribution >= 4 is 27.3 Å². The number of nitrogens with one attached hydrogen (secondary N) is 1. The fourth-order valence-electron chi connectivity index (χ4n) is 1.60. The molecule has 7 nitrogen and oxygen atoms in total. The van der Waals surface area contributed by atoms with Gasteiger partial charge in [-0.3, -0.25) is 9.78 Å². The van der Waals surface area contributed by atoms with E-state index in [2.05, 4.69) is 10.3 Å². The Kier molecular flexibility index (Phi) is 4.56. The summed E-state index contributed by atoms with van der Waals surface area (Å²) in [6, 6.07) is 4.41. The molecule has 0 atom stereocenters. The van der Waals surface area contributed by atoms with E-state index in [0.29, 0.717) is 13.0 Å². The van der Waals surface area contributed by atoms with Crippen molar-refractivity contribution in [3.05, 3.63) is 41.0 Å². The van der Waals surface area contributed by atoms with Gasteiger partial charge in [0.25, 0.3) is 5.91 Å². The van der Waals surface area contributed by atoms with E-state index in [1.54, 1.807) is 6.07 Å². The molecule has 21 heavy (non-hydrogen) atoms. The van der Waals surface area contributed by atoms with Crippen molar-refractivity contribution in [3.63, 3.8) is 0 Å². The molecule has 2 aromatic rings. The van der Waals surface area contributed by atoms with Crippen molar-refractivity contribution in [2.24, 2.45) is 5.14 Å². The van der Waals surface area contributed by atoms with Gasteiger partial charge in [-0.25, -0.2) is 13.6 Å². The summed E-state index contributed by atoms with van der Waals surface area (Å²) in [5, 5.41) is 16.9. The molecule has 112 valence electrons. The first-order valence-electron chi connectivity index (χ1n) is 5.90. The molecule has 0 bridgehead atoms. The van der Waals surface area contributed by atoms with Gasteiger partial charge >= 0.3 is 0 Å². The summed E-state index contributed by atoms with van der Waals surface area (Å²) in [4.78, 5) is 16.3. The molecule has 2 aromatic heterocycles. The fraction of sp³-hybridized carbons (Fsp3) is 0.167. The molecule has 0 saturated heterocycles. The minimum atomic E-state index is -3.68. The summed E-state index contributed by atoms with van der Waals surface area (Å²) >= 11 is 1.07. The molecule has 2 heterocycles. The Balaban J connectivity index is 1.90. The Morgan fingerprint density at radius 1 is 1.38 bits per heavy atom. The quantitative estimate of drug-likeness (QED) is 0.736. The van der Waals surface area contributed by atoms with Gasteiger partial charge in [-0.2, -0.15) is 0 Å². The maximum Gasteiger partial charge on any atom is 0.252 e. The molecule has 1 amide bonds. The second kappa shape index (κ2) is 6.20. The molecular formula is C12H13N3O4S2. The molecule has 0 aliphatic carbocycles. The summed E-state index contributed by atoms with van der Waals surface area (Å²) in [7, 11) is -3.68. The van der Waals surface area contributed by atoms with Gasteiger partial charge in [0.1, 0.15) is 9.96 Å². The van der Waals surface area contributed by atoms with Crippen molar-refractivity contribution in [2.45, 2.75) is 10.6 Å². The maximum atomic E-state index is 11.8. The van der Waals surface area contributed by atoms with Crippen LogP contribution in [0.2, 0.25) is 0 Å². The van der Waals surface area contributed by atoms with Crippen LogP contribution in [0.15, 0.2) is 34.8 Å². The van der Waals surface area contributed by atoms with Gasteiger partial charge in [-0.05, 0) is 24.6 Å². The van der Waals surface area contributed by atoms with Crippen molar-refractivity contribution in [3.8, 4) is 5.75 Å². The zero-order valence-electron chi connectivity index (χ0n) is 10.8. The second-order valence-electron chi connectivity index (χ2n) is 4.20. The highest BCUT2D eigenvalue weighted by molar-refractivity contribution is 7.91. The van der Waals surface area contributed by atoms with Crippen LogP contribution in [0.5, 0.6) is 5.75 Å². The number of primary sulfonamides is 1. The van der Waals surface area contributed by atoms with Crippen molar-refractivity contribution in [2.75, 3.05) is 6.54 Å². The van der Waals surface area contributed by atoms with Crippen LogP contribution in [0.25, 0.3) is 0 Å². The molecule has 0 saturated carbocycles. The number of pyridine rings is 1. The fourth-order valence-corrected chi connectivity index (χ4v) is 3.38. The number of nitrogens with zero attached hydrogens (tertiary/aromatic N) is 1. The molecular weight excluding hydrogens is 314 g/mol. The predicted molar refractivity (Wildman–Crippen MR) is 77.6 cm³/mol. The van der Waals surface area contributed by atoms with Crippen molar-refractivity contribution < 1.29 is 18.3 Å². The molecule has 0 radical (unpaired) electrons. The molecule has 0 spiro atoms. The van der Waals surface area contributed by atoms with E-state index in [1.807, 2.05) is 0 Å². The number of aromatic nitrogens is 1. The lowest BCUT2D eigenvalue weighted by molar-refractivity contribution is 0.0953. The highest BCUT2D eigenvalue weighted by atomic mass is 32.2. The van der Waals surface area contributed by atoms with E-state index in [4.69, 9.17) is 5.14 Å². The Bertz CT molecular complexity index is 755. The Morgan fingerprint density at radius 2 is 2.14 bits per heavy atom. The van der Waals surface area contributed by atoms with Gasteiger partial charge in [0, 0.05) is 17.6 Å². The van der Waals surface area contributed by atoms with E-state index < -0.39 is 10.0 Å². The third kappa shape index (κ3) is 4.25. The standard InChI is InChI=1S/C12H13N3O4S2/c13-21(18,19)11-2-1-10(20-11)3-4-15-12(17)8-5-9(16)7-14-6-8/h1-2,5-7,16H,3-4H2,(H,15,17)(H2,13,18,19). The normalized spacial score (nSPS) is 11.3. The third-order valence-corrected chi connectivity index (χ3v) is 5.14. The zero-order valence-corrected chi connectivity index (χ0v) is 12.4. The number of sulfonamides is 1. The van der Waals surface area contributed by atoms with Crippen LogP contribution in [0.3, 0.4) is 0 Å². The first kappa shape index (κ1) is 15.4. The summed E-state index contributed by atoms with van der Waals surface area (Å²) in [5.74, 6) is -0.444. The SMILES string of the molecule is NS(=O)(=O)c1ccc(CCNC(=O)c2cncc(O)c2)s1. The van der Waals surface area contributed by atoms with Gasteiger partial charge in [-0.15, -0.1) is 11.3 Å². The molecule has 0 aliphatic heterocycles. The zero-order chi connectivity index (χ0) is 15.5. The highest BCUT2D eigenvalue weighted by Gasteiger charge is 2.11. The summed E-state index contributed by atoms with van der Waals surface area (Å²) in [6.07, 6.45) is 3.06. The minimum Gasteiger partial charge on any atom is -0.506 e. The number of aromatic hydroxyl groups is 1. The molecule has 4 N–H and O–H groups in total. The van der Waals surface area contributed by atoms with E-state index in [0.717, 1.165) is 16.2 Å². The number of hydrogen-bond donors (Lipinski definition) is 3. The largest absolute Gasteiger partial charge is 0.506 e. The average Bonchev–Trinajstić information content (AvgIpc) is 2.87. The van der Waals surface area contributed by atoms with Gasteiger partial charge in [0.05, 0.1) is 11.8 Å². The molecule has 2 rings (SSSR count). The molecule has 0 aromatic carbocycles. The summed E-state index contributed by atoms with van der Waals surface area (Å²) in [5.41, 5.74) is 0.256. The van der Waals surface area contributed by atoms with Crippen LogP contribution in [-0.2, 0) is 16.4 Å². The van der Waals surface area contributed by atoms with Gasteiger partial charge < -0.3 is 10.4 Å². The Labute approximate surface area is 125 Å². The van der Waals surface area contributed by atoms with Crippen LogP contribution >= 0.6 is 11.3 Å². The topological polar surface area (TPSA) is 122 Å². The van der Waals surface area contributed by atoms with E-state index >= 15 is 0 Å². The van der Waals surface area contributed by atoms with E-state index in [-0.39, 0.29) is 21.4 Å². The number of amides is 1. The molecule has 9 heteroatoms. The van der Waals surface area contributed by atoms with E-state index in [9.17, 15) is 18.3 Å². The lowest BCUT2D eigenvalue weighted by atomic mass is 10.2. The lowest BCUT2D eigenvalue weighted by Crippen LogP contribution is -2.25. The van der Waals surface area contributed by atoms with Crippen LogP contribution in [0, 0.1) is 0 Å². The second-order valence-corrected chi connectivity index (χ2v) is 7.16. The molecule has 0 fully saturated rings. The monoisotopic (exact) mass is 327 g/mol. The number of carbonyl (C=O) groups is 1. The highest BCUT2D eigenvalue weighted by Crippen LogP contribution is 2.20. The minimum absolute atomic E-state index is 0.0845. The van der Waals surface area contributed by atoms with Crippen molar-refractivity contribution in [1.29, 1.82) is 0 Å². The molecule has 0 unspecified atom stereocenters. The first-order valence-corrected chi connectivity index (χ1v) is 8.26. The maximum absolute atomic E-state index is 11.8. The number of carbonyl (C=O) groups excluding carboxylic acids is 1. The summed E-state index contributed by atoms with van der Waals surface area (Å²) in [6.45, 7) is 0.332. The van der Waals surface area contributed by atoms with Gasteiger partial charge in [0.15, 0.2) is 0 Å². The number of hydrogen-bond acceptors (Lipinski definition) is 6. The number of nitrogens with two attached hydrogens (primary N) is 1. The van der Waals surface area contributed by atoms with Crippen molar-refractivity contribution in [1.82, 2.24) is 10.3 Å². The third-order valence-electron chi connectivity index (χ3n) is 2.56. The predicted octanol–water partition coefficient (Wildman–Crippen LogP) is 0.469.